The number of hydrogen-bond donors (Lipinski definition) is 2. The second kappa shape index (κ2) is 10.3. The molecule has 1 atom stereocenters. The third-order valence-corrected chi connectivity index (χ3v) is 4.84. The van der Waals surface area contributed by atoms with E-state index in [1.165, 1.54) is 24.3 Å². The zero-order valence-electron chi connectivity index (χ0n) is 17.1. The maximum Gasteiger partial charge on any atom is 0.244 e. The summed E-state index contributed by atoms with van der Waals surface area (Å²) in [6.45, 7) is 3.03. The van der Waals surface area contributed by atoms with Crippen LogP contribution in [0.15, 0.2) is 36.4 Å². The highest BCUT2D eigenvalue weighted by molar-refractivity contribution is 7.92. The van der Waals surface area contributed by atoms with Gasteiger partial charge in [0.25, 0.3) is 0 Å². The van der Waals surface area contributed by atoms with Gasteiger partial charge < -0.3 is 5.32 Å². The first-order valence-electron chi connectivity index (χ1n) is 9.43. The van der Waals surface area contributed by atoms with Crippen LogP contribution in [0.3, 0.4) is 0 Å². The average molecular weight is 438 g/mol. The van der Waals surface area contributed by atoms with Crippen LogP contribution in [0, 0.1) is 5.82 Å². The second-order valence-corrected chi connectivity index (χ2v) is 8.65. The van der Waals surface area contributed by atoms with E-state index in [-0.39, 0.29) is 5.69 Å². The summed E-state index contributed by atoms with van der Waals surface area (Å²) in [5, 5.41) is 2.72. The molecule has 0 saturated heterocycles. The molecule has 0 unspecified atom stereocenters. The summed E-state index contributed by atoms with van der Waals surface area (Å²) >= 11 is 0. The van der Waals surface area contributed by atoms with Gasteiger partial charge in [-0.05, 0) is 48.7 Å². The van der Waals surface area contributed by atoms with E-state index in [9.17, 15) is 22.0 Å². The lowest BCUT2D eigenvalue weighted by atomic mass is 10.1. The number of benzene rings is 1. The SMILES string of the molecule is CCCc1nc(CF)ccc1/C=C/C(=O)N[C@H](C)c1ccc(NS(C)(=O)=O)c(F)c1. The quantitative estimate of drug-likeness (QED) is 0.583. The van der Waals surface area contributed by atoms with Gasteiger partial charge in [-0.15, -0.1) is 0 Å². The van der Waals surface area contributed by atoms with Crippen molar-refractivity contribution in [2.24, 2.45) is 0 Å². The minimum absolute atomic E-state index is 0.160. The number of sulfonamides is 1. The first kappa shape index (κ1) is 23.5. The Hall–Kier alpha value is -2.81. The Kier molecular flexibility index (Phi) is 8.05. The average Bonchev–Trinajstić information content (AvgIpc) is 2.67. The molecule has 0 aliphatic rings. The highest BCUT2D eigenvalue weighted by Crippen LogP contribution is 2.21. The van der Waals surface area contributed by atoms with Crippen LogP contribution < -0.4 is 10.0 Å². The number of aryl methyl sites for hydroxylation is 1. The molecule has 1 aromatic heterocycles. The Bertz CT molecular complexity index is 1040. The van der Waals surface area contributed by atoms with Gasteiger partial charge in [-0.25, -0.2) is 17.2 Å². The summed E-state index contributed by atoms with van der Waals surface area (Å²) in [7, 11) is -3.59. The van der Waals surface area contributed by atoms with Crippen molar-refractivity contribution in [2.75, 3.05) is 11.0 Å². The lowest BCUT2D eigenvalue weighted by Crippen LogP contribution is -2.24. The number of nitrogens with one attached hydrogen (secondary N) is 2. The number of aromatic nitrogens is 1. The summed E-state index contributed by atoms with van der Waals surface area (Å²) in [4.78, 5) is 16.5. The molecule has 162 valence electrons. The molecule has 1 aromatic carbocycles. The number of anilines is 1. The second-order valence-electron chi connectivity index (χ2n) is 6.90. The molecule has 0 spiro atoms. The van der Waals surface area contributed by atoms with Crippen LogP contribution >= 0.6 is 0 Å². The molecule has 6 nitrogen and oxygen atoms in total. The van der Waals surface area contributed by atoms with Crippen LogP contribution in [0.5, 0.6) is 0 Å². The van der Waals surface area contributed by atoms with Gasteiger partial charge in [0, 0.05) is 11.8 Å². The molecule has 9 heteroatoms. The largest absolute Gasteiger partial charge is 0.346 e. The van der Waals surface area contributed by atoms with Gasteiger partial charge in [-0.1, -0.05) is 25.5 Å². The van der Waals surface area contributed by atoms with Crippen LogP contribution in [0.4, 0.5) is 14.5 Å². The van der Waals surface area contributed by atoms with Crippen LogP contribution in [0.25, 0.3) is 6.08 Å². The fourth-order valence-electron chi connectivity index (χ4n) is 2.81. The zero-order valence-corrected chi connectivity index (χ0v) is 17.9. The van der Waals surface area contributed by atoms with Gasteiger partial charge in [-0.3, -0.25) is 14.5 Å². The first-order valence-corrected chi connectivity index (χ1v) is 11.3. The lowest BCUT2D eigenvalue weighted by Gasteiger charge is -2.14. The molecule has 1 amide bonds. The molecular weight excluding hydrogens is 412 g/mol. The predicted octanol–water partition coefficient (Wildman–Crippen LogP) is 3.90. The number of carbonyl (C=O) groups excluding carboxylic acids is 1. The van der Waals surface area contributed by atoms with Gasteiger partial charge in [0.1, 0.15) is 12.5 Å². The zero-order chi connectivity index (χ0) is 22.3. The molecule has 1 heterocycles. The Morgan fingerprint density at radius 1 is 1.27 bits per heavy atom. The number of halogens is 2. The van der Waals surface area contributed by atoms with Crippen LogP contribution in [-0.2, 0) is 27.9 Å². The molecular formula is C21H25F2N3O3S. The van der Waals surface area contributed by atoms with E-state index >= 15 is 0 Å². The molecule has 2 aromatic rings. The Balaban J connectivity index is 2.08. The monoisotopic (exact) mass is 437 g/mol. The number of pyridine rings is 1. The van der Waals surface area contributed by atoms with Crippen molar-refractivity contribution in [3.8, 4) is 0 Å². The van der Waals surface area contributed by atoms with Crippen molar-refractivity contribution >= 4 is 27.7 Å². The van der Waals surface area contributed by atoms with E-state index in [2.05, 4.69) is 15.0 Å². The molecule has 0 bridgehead atoms. The van der Waals surface area contributed by atoms with Crippen molar-refractivity contribution in [2.45, 2.75) is 39.4 Å². The van der Waals surface area contributed by atoms with Crippen molar-refractivity contribution in [3.63, 3.8) is 0 Å². The fourth-order valence-corrected chi connectivity index (χ4v) is 3.38. The standard InChI is InChI=1S/C21H25F2N3O3S/c1-4-5-19-15(6-9-17(13-22)25-19)8-11-21(27)24-14(2)16-7-10-20(18(23)12-16)26-30(3,28)29/h6-12,14,26H,4-5,13H2,1-3H3,(H,24,27)/b11-8+/t14-/m1/s1. The van der Waals surface area contributed by atoms with E-state index in [1.54, 1.807) is 25.1 Å². The van der Waals surface area contributed by atoms with E-state index in [4.69, 9.17) is 0 Å². The first-order chi connectivity index (χ1) is 14.1. The van der Waals surface area contributed by atoms with Crippen molar-refractivity contribution in [3.05, 3.63) is 64.7 Å². The summed E-state index contributed by atoms with van der Waals surface area (Å²) in [6.07, 6.45) is 5.39. The molecule has 2 N–H and O–H groups in total. The smallest absolute Gasteiger partial charge is 0.244 e. The van der Waals surface area contributed by atoms with Gasteiger partial charge in [0.05, 0.1) is 23.7 Å². The van der Waals surface area contributed by atoms with Gasteiger partial charge in [0.2, 0.25) is 15.9 Å². The predicted molar refractivity (Wildman–Crippen MR) is 114 cm³/mol. The highest BCUT2D eigenvalue weighted by atomic mass is 32.2. The molecule has 0 saturated carbocycles. The van der Waals surface area contributed by atoms with Crippen molar-refractivity contribution in [1.29, 1.82) is 0 Å². The number of amides is 1. The fraction of sp³-hybridized carbons (Fsp3) is 0.333. The van der Waals surface area contributed by atoms with E-state index < -0.39 is 34.5 Å². The number of rotatable bonds is 9. The third-order valence-electron chi connectivity index (χ3n) is 4.25. The Morgan fingerprint density at radius 3 is 2.60 bits per heavy atom. The summed E-state index contributed by atoms with van der Waals surface area (Å²) in [6, 6.07) is 6.80. The highest BCUT2D eigenvalue weighted by Gasteiger charge is 2.13. The number of nitrogens with zero attached hydrogens (tertiary/aromatic N) is 1. The van der Waals surface area contributed by atoms with Crippen LogP contribution in [0.2, 0.25) is 0 Å². The number of hydrogen-bond acceptors (Lipinski definition) is 4. The van der Waals surface area contributed by atoms with Gasteiger partial charge in [-0.2, -0.15) is 0 Å². The van der Waals surface area contributed by atoms with Crippen molar-refractivity contribution in [1.82, 2.24) is 10.3 Å². The molecule has 2 rings (SSSR count). The minimum Gasteiger partial charge on any atom is -0.346 e. The number of alkyl halides is 1. The molecule has 30 heavy (non-hydrogen) atoms. The number of carbonyl (C=O) groups is 1. The van der Waals surface area contributed by atoms with Crippen molar-refractivity contribution < 1.29 is 22.0 Å². The Labute approximate surface area is 175 Å². The normalized spacial score (nSPS) is 12.7. The molecule has 0 fully saturated rings. The van der Waals surface area contributed by atoms with Gasteiger partial charge in [0.15, 0.2) is 0 Å². The Morgan fingerprint density at radius 2 is 2.00 bits per heavy atom. The van der Waals surface area contributed by atoms with E-state index in [0.29, 0.717) is 17.7 Å². The summed E-state index contributed by atoms with van der Waals surface area (Å²) < 4.78 is 51.5. The maximum absolute atomic E-state index is 14.1. The van der Waals surface area contributed by atoms with Crippen LogP contribution in [0.1, 0.15) is 48.8 Å². The molecule has 0 aliphatic heterocycles. The maximum atomic E-state index is 14.1. The molecule has 0 radical (unpaired) electrons. The summed E-state index contributed by atoms with van der Waals surface area (Å²) in [5.74, 6) is -1.13. The molecule has 0 aliphatic carbocycles. The van der Waals surface area contributed by atoms with E-state index in [1.807, 2.05) is 6.92 Å². The van der Waals surface area contributed by atoms with Crippen LogP contribution in [-0.4, -0.2) is 25.6 Å². The van der Waals surface area contributed by atoms with E-state index in [0.717, 1.165) is 23.9 Å². The minimum atomic E-state index is -3.59. The third kappa shape index (κ3) is 6.91. The topological polar surface area (TPSA) is 88.2 Å². The van der Waals surface area contributed by atoms with Gasteiger partial charge >= 0.3 is 0 Å². The lowest BCUT2D eigenvalue weighted by molar-refractivity contribution is -0.117. The summed E-state index contributed by atoms with van der Waals surface area (Å²) in [5.41, 5.74) is 2.13.